The lowest BCUT2D eigenvalue weighted by molar-refractivity contribution is -0.384. The SMILES string of the molecule is C[Si](C)(OCc1cccnc1)O[Si](C)(C)O[Si](C)(C)OCc1cccc([N+](=O)[O-])c1. The molecule has 0 saturated carbocycles. The maximum atomic E-state index is 10.9. The summed E-state index contributed by atoms with van der Waals surface area (Å²) in [6.07, 6.45) is 3.51. The van der Waals surface area contributed by atoms with Crippen molar-refractivity contribution in [2.45, 2.75) is 52.5 Å². The topological polar surface area (TPSA) is 93.0 Å². The van der Waals surface area contributed by atoms with Gasteiger partial charge in [-0.05, 0) is 56.5 Å². The smallest absolute Gasteiger partial charge is 0.323 e. The van der Waals surface area contributed by atoms with E-state index in [0.717, 1.165) is 11.1 Å². The van der Waals surface area contributed by atoms with E-state index in [1.54, 1.807) is 24.5 Å². The lowest BCUT2D eigenvalue weighted by Gasteiger charge is -2.37. The summed E-state index contributed by atoms with van der Waals surface area (Å²) in [5.74, 6) is 0. The van der Waals surface area contributed by atoms with E-state index in [2.05, 4.69) is 4.98 Å². The van der Waals surface area contributed by atoms with Gasteiger partial charge < -0.3 is 17.1 Å². The van der Waals surface area contributed by atoms with Crippen LogP contribution < -0.4 is 0 Å². The van der Waals surface area contributed by atoms with Gasteiger partial charge in [0, 0.05) is 24.5 Å². The van der Waals surface area contributed by atoms with Crippen molar-refractivity contribution in [1.29, 1.82) is 0 Å². The van der Waals surface area contributed by atoms with Crippen LogP contribution in [0.15, 0.2) is 48.8 Å². The number of benzene rings is 1. The van der Waals surface area contributed by atoms with E-state index in [4.69, 9.17) is 17.1 Å². The Labute approximate surface area is 181 Å². The van der Waals surface area contributed by atoms with Crippen LogP contribution in [-0.4, -0.2) is 35.6 Å². The van der Waals surface area contributed by atoms with Crippen molar-refractivity contribution in [3.05, 3.63) is 70.0 Å². The van der Waals surface area contributed by atoms with Crippen molar-refractivity contribution in [3.8, 4) is 0 Å². The third kappa shape index (κ3) is 8.55. The number of hydrogen-bond acceptors (Lipinski definition) is 7. The molecule has 0 radical (unpaired) electrons. The minimum absolute atomic E-state index is 0.0491. The molecule has 2 aromatic rings. The minimum Gasteiger partial charge on any atom is -0.415 e. The van der Waals surface area contributed by atoms with E-state index < -0.39 is 30.6 Å². The van der Waals surface area contributed by atoms with E-state index in [0.29, 0.717) is 6.61 Å². The molecule has 2 rings (SSSR count). The Morgan fingerprint density at radius 3 is 1.97 bits per heavy atom. The fourth-order valence-electron chi connectivity index (χ4n) is 3.02. The van der Waals surface area contributed by atoms with E-state index >= 15 is 0 Å². The van der Waals surface area contributed by atoms with Crippen molar-refractivity contribution in [3.63, 3.8) is 0 Å². The van der Waals surface area contributed by atoms with Crippen LogP contribution in [0.4, 0.5) is 5.69 Å². The Balaban J connectivity index is 1.91. The van der Waals surface area contributed by atoms with Crippen LogP contribution >= 0.6 is 0 Å². The standard InChI is InChI=1S/C19H30N2O6Si3/c1-28(2,24-15-17-9-7-11-19(13-17)21(22)23)26-30(5,6)27-29(3,4)25-16-18-10-8-12-20-14-18/h7-14H,15-16H2,1-6H3. The highest BCUT2D eigenvalue weighted by atomic mass is 28.5. The predicted molar refractivity (Wildman–Crippen MR) is 122 cm³/mol. The number of hydrogen-bond donors (Lipinski definition) is 0. The van der Waals surface area contributed by atoms with Gasteiger partial charge >= 0.3 is 25.7 Å². The average molecular weight is 467 g/mol. The van der Waals surface area contributed by atoms with Crippen LogP contribution in [0.25, 0.3) is 0 Å². The first-order chi connectivity index (χ1) is 13.9. The van der Waals surface area contributed by atoms with Gasteiger partial charge in [0.2, 0.25) is 0 Å². The molecule has 0 aliphatic carbocycles. The van der Waals surface area contributed by atoms with Crippen molar-refractivity contribution in [1.82, 2.24) is 4.98 Å². The molecule has 30 heavy (non-hydrogen) atoms. The van der Waals surface area contributed by atoms with Gasteiger partial charge in [-0.2, -0.15) is 0 Å². The summed E-state index contributed by atoms with van der Waals surface area (Å²) in [4.78, 5) is 14.6. The Bertz CT molecular complexity index is 849. The zero-order chi connectivity index (χ0) is 22.4. The summed E-state index contributed by atoms with van der Waals surface area (Å²) in [6, 6.07) is 10.3. The first kappa shape index (κ1) is 24.5. The highest BCUT2D eigenvalue weighted by Crippen LogP contribution is 2.24. The molecule has 164 valence electrons. The largest absolute Gasteiger partial charge is 0.415 e. The predicted octanol–water partition coefficient (Wildman–Crippen LogP) is 4.86. The summed E-state index contributed by atoms with van der Waals surface area (Å²) >= 11 is 0. The molecule has 1 aromatic carbocycles. The third-order valence-corrected chi connectivity index (χ3v) is 13.5. The molecule has 0 spiro atoms. The number of nitrogens with zero attached hydrogens (tertiary/aromatic N) is 2. The van der Waals surface area contributed by atoms with Gasteiger partial charge in [-0.15, -0.1) is 0 Å². The molecule has 1 heterocycles. The molecule has 0 bridgehead atoms. The first-order valence-corrected chi connectivity index (χ1v) is 18.1. The van der Waals surface area contributed by atoms with Crippen molar-refractivity contribution in [2.24, 2.45) is 0 Å². The van der Waals surface area contributed by atoms with Crippen LogP contribution in [0, 0.1) is 10.1 Å². The van der Waals surface area contributed by atoms with Crippen molar-refractivity contribution in [2.75, 3.05) is 0 Å². The number of nitro groups is 1. The molecule has 1 aromatic heterocycles. The number of rotatable bonds is 11. The molecular weight excluding hydrogens is 436 g/mol. The maximum Gasteiger partial charge on any atom is 0.323 e. The fraction of sp³-hybridized carbons (Fsp3) is 0.421. The number of pyridine rings is 1. The van der Waals surface area contributed by atoms with Gasteiger partial charge in [-0.1, -0.05) is 18.2 Å². The molecule has 0 amide bonds. The van der Waals surface area contributed by atoms with E-state index in [1.807, 2.05) is 51.4 Å². The van der Waals surface area contributed by atoms with E-state index in [9.17, 15) is 10.1 Å². The van der Waals surface area contributed by atoms with Crippen LogP contribution in [0.3, 0.4) is 0 Å². The molecule has 8 nitrogen and oxygen atoms in total. The lowest BCUT2D eigenvalue weighted by Crippen LogP contribution is -2.54. The summed E-state index contributed by atoms with van der Waals surface area (Å²) in [6.45, 7) is 12.6. The average Bonchev–Trinajstić information content (AvgIpc) is 2.64. The monoisotopic (exact) mass is 466 g/mol. The second-order valence-electron chi connectivity index (χ2n) is 8.27. The molecule has 0 saturated heterocycles. The molecule has 0 aliphatic heterocycles. The minimum atomic E-state index is -2.53. The van der Waals surface area contributed by atoms with Crippen LogP contribution in [0.5, 0.6) is 0 Å². The first-order valence-electron chi connectivity index (χ1n) is 9.68. The summed E-state index contributed by atoms with van der Waals surface area (Å²) in [5.41, 5.74) is 1.79. The van der Waals surface area contributed by atoms with Gasteiger partial charge in [0.25, 0.3) is 5.69 Å². The van der Waals surface area contributed by atoms with Crippen molar-refractivity contribution < 1.29 is 22.0 Å². The summed E-state index contributed by atoms with van der Waals surface area (Å²) in [5, 5.41) is 10.9. The van der Waals surface area contributed by atoms with Gasteiger partial charge in [0.1, 0.15) is 0 Å². The number of non-ortho nitro benzene ring substituents is 1. The molecule has 11 heteroatoms. The Morgan fingerprint density at radius 1 is 0.867 bits per heavy atom. The van der Waals surface area contributed by atoms with Gasteiger partial charge in [-0.3, -0.25) is 15.1 Å². The molecule has 0 unspecified atom stereocenters. The number of nitro benzene ring substituents is 1. The molecule has 0 atom stereocenters. The summed E-state index contributed by atoms with van der Waals surface area (Å²) in [7, 11) is -7.49. The second kappa shape index (κ2) is 10.0. The highest BCUT2D eigenvalue weighted by molar-refractivity contribution is 6.84. The quantitative estimate of drug-likeness (QED) is 0.265. The lowest BCUT2D eigenvalue weighted by atomic mass is 10.2. The number of aromatic nitrogens is 1. The van der Waals surface area contributed by atoms with Gasteiger partial charge in [0.15, 0.2) is 0 Å². The third-order valence-electron chi connectivity index (χ3n) is 4.00. The molecule has 0 aliphatic rings. The van der Waals surface area contributed by atoms with E-state index in [-0.39, 0.29) is 12.3 Å². The van der Waals surface area contributed by atoms with Gasteiger partial charge in [-0.25, -0.2) is 0 Å². The fourth-order valence-corrected chi connectivity index (χ4v) is 14.5. The normalized spacial score (nSPS) is 12.7. The maximum absolute atomic E-state index is 10.9. The zero-order valence-corrected chi connectivity index (χ0v) is 21.4. The van der Waals surface area contributed by atoms with Crippen LogP contribution in [-0.2, 0) is 30.3 Å². The highest BCUT2D eigenvalue weighted by Gasteiger charge is 2.41. The molecule has 0 N–H and O–H groups in total. The second-order valence-corrected chi connectivity index (χ2v) is 18.9. The Morgan fingerprint density at radius 2 is 1.43 bits per heavy atom. The van der Waals surface area contributed by atoms with E-state index in [1.165, 1.54) is 12.1 Å². The van der Waals surface area contributed by atoms with Gasteiger partial charge in [0.05, 0.1) is 18.1 Å². The van der Waals surface area contributed by atoms with Crippen LogP contribution in [0.2, 0.25) is 39.3 Å². The zero-order valence-electron chi connectivity index (χ0n) is 18.4. The van der Waals surface area contributed by atoms with Crippen LogP contribution in [0.1, 0.15) is 11.1 Å². The Hall–Kier alpha value is -1.74. The molecule has 0 fully saturated rings. The Kier molecular flexibility index (Phi) is 8.21. The molecular formula is C19H30N2O6Si3. The van der Waals surface area contributed by atoms with Crippen molar-refractivity contribution >= 4 is 31.4 Å². The summed E-state index contributed by atoms with van der Waals surface area (Å²) < 4.78 is 24.8.